The molecule has 25 heavy (non-hydrogen) atoms. The predicted octanol–water partition coefficient (Wildman–Crippen LogP) is -0.167. The number of carbonyl (C=O) groups excluding carboxylic acids is 4. The lowest BCUT2D eigenvalue weighted by Gasteiger charge is -2.20. The van der Waals surface area contributed by atoms with Crippen molar-refractivity contribution in [2.75, 3.05) is 27.4 Å². The molecule has 0 spiro atoms. The second-order valence-electron chi connectivity index (χ2n) is 5.32. The second-order valence-corrected chi connectivity index (χ2v) is 5.32. The fourth-order valence-electron chi connectivity index (χ4n) is 2.75. The average molecular weight is 354 g/mol. The third-order valence-corrected chi connectivity index (χ3v) is 3.80. The van der Waals surface area contributed by atoms with Gasteiger partial charge in [0.1, 0.15) is 25.4 Å². The molecule has 0 N–H and O–H groups in total. The Morgan fingerprint density at radius 2 is 1.16 bits per heavy atom. The second kappa shape index (κ2) is 7.47. The van der Waals surface area contributed by atoms with Crippen LogP contribution < -0.4 is 0 Å². The number of hydrogen-bond acceptors (Lipinski definition) is 9. The van der Waals surface area contributed by atoms with Gasteiger partial charge in [-0.25, -0.2) is 9.59 Å². The van der Waals surface area contributed by atoms with Gasteiger partial charge in [-0.3, -0.25) is 9.59 Å². The lowest BCUT2D eigenvalue weighted by atomic mass is 9.86. The largest absolute Gasteiger partial charge is 0.466 e. The summed E-state index contributed by atoms with van der Waals surface area (Å²) in [6.07, 6.45) is -1.87. The molecular formula is C16H18O9. The molecule has 9 heteroatoms. The van der Waals surface area contributed by atoms with Crippen molar-refractivity contribution in [1.82, 2.24) is 0 Å². The van der Waals surface area contributed by atoms with Gasteiger partial charge in [-0.15, -0.1) is 0 Å². The molecule has 2 heterocycles. The Morgan fingerprint density at radius 1 is 0.800 bits per heavy atom. The van der Waals surface area contributed by atoms with Crippen LogP contribution in [0.25, 0.3) is 0 Å². The van der Waals surface area contributed by atoms with E-state index in [0.29, 0.717) is 11.1 Å². The van der Waals surface area contributed by atoms with E-state index >= 15 is 0 Å². The summed E-state index contributed by atoms with van der Waals surface area (Å²) in [5, 5.41) is 0. The maximum absolute atomic E-state index is 12.1. The van der Waals surface area contributed by atoms with Crippen LogP contribution in [-0.2, 0) is 42.9 Å². The van der Waals surface area contributed by atoms with Gasteiger partial charge in [-0.2, -0.15) is 0 Å². The Morgan fingerprint density at radius 3 is 1.44 bits per heavy atom. The summed E-state index contributed by atoms with van der Waals surface area (Å²) in [6, 6.07) is 0. The van der Waals surface area contributed by atoms with Gasteiger partial charge in [-0.05, 0) is 0 Å². The molecular weight excluding hydrogens is 336 g/mol. The standard InChI is InChI=1S/C16H18O9/c1-7(17)23-5-9-10(6-24-8(2)18)14-12(16(20)22-4)11(13(9)25-14)15(19)21-3/h13-14H,5-6H2,1-4H3. The van der Waals surface area contributed by atoms with Crippen molar-refractivity contribution >= 4 is 23.9 Å². The molecule has 2 bridgehead atoms. The van der Waals surface area contributed by atoms with Gasteiger partial charge < -0.3 is 23.7 Å². The monoisotopic (exact) mass is 354 g/mol. The normalized spacial score (nSPS) is 21.3. The van der Waals surface area contributed by atoms with Crippen molar-refractivity contribution in [1.29, 1.82) is 0 Å². The molecule has 0 aromatic carbocycles. The van der Waals surface area contributed by atoms with Gasteiger partial charge in [0.05, 0.1) is 25.4 Å². The van der Waals surface area contributed by atoms with E-state index in [9.17, 15) is 19.2 Å². The maximum Gasteiger partial charge on any atom is 0.337 e. The maximum atomic E-state index is 12.1. The first-order chi connectivity index (χ1) is 11.8. The van der Waals surface area contributed by atoms with Gasteiger partial charge in [0.15, 0.2) is 0 Å². The van der Waals surface area contributed by atoms with Crippen LogP contribution in [0.1, 0.15) is 13.8 Å². The lowest BCUT2D eigenvalue weighted by Crippen LogP contribution is -2.29. The number of methoxy groups -OCH3 is 2. The summed E-state index contributed by atoms with van der Waals surface area (Å²) in [5.74, 6) is -2.56. The molecule has 2 atom stereocenters. The Kier molecular flexibility index (Phi) is 5.58. The van der Waals surface area contributed by atoms with Crippen molar-refractivity contribution in [3.63, 3.8) is 0 Å². The summed E-state index contributed by atoms with van der Waals surface area (Å²) in [4.78, 5) is 46.5. The summed E-state index contributed by atoms with van der Waals surface area (Å²) in [7, 11) is 2.34. The molecule has 0 aromatic rings. The van der Waals surface area contributed by atoms with E-state index in [1.807, 2.05) is 0 Å². The fraction of sp³-hybridized carbons (Fsp3) is 0.500. The van der Waals surface area contributed by atoms with Gasteiger partial charge in [0.25, 0.3) is 0 Å². The van der Waals surface area contributed by atoms with Gasteiger partial charge >= 0.3 is 23.9 Å². The van der Waals surface area contributed by atoms with E-state index in [1.54, 1.807) is 0 Å². The smallest absolute Gasteiger partial charge is 0.337 e. The summed E-state index contributed by atoms with van der Waals surface area (Å²) in [6.45, 7) is 2.14. The van der Waals surface area contributed by atoms with E-state index in [-0.39, 0.29) is 24.4 Å². The molecule has 2 aliphatic rings. The van der Waals surface area contributed by atoms with Crippen LogP contribution in [0.15, 0.2) is 22.3 Å². The highest BCUT2D eigenvalue weighted by Crippen LogP contribution is 2.44. The highest BCUT2D eigenvalue weighted by atomic mass is 16.6. The minimum absolute atomic E-state index is 0.00641. The molecule has 2 unspecified atom stereocenters. The molecule has 2 aliphatic heterocycles. The molecule has 136 valence electrons. The van der Waals surface area contributed by atoms with Crippen LogP contribution >= 0.6 is 0 Å². The minimum Gasteiger partial charge on any atom is -0.466 e. The molecule has 0 aliphatic carbocycles. The average Bonchev–Trinajstić information content (AvgIpc) is 3.11. The van der Waals surface area contributed by atoms with Crippen LogP contribution in [0.4, 0.5) is 0 Å². The number of ether oxygens (including phenoxy) is 5. The zero-order valence-corrected chi connectivity index (χ0v) is 14.2. The molecule has 9 nitrogen and oxygen atoms in total. The van der Waals surface area contributed by atoms with Crippen LogP contribution in [0.2, 0.25) is 0 Å². The van der Waals surface area contributed by atoms with E-state index in [0.717, 1.165) is 0 Å². The zero-order chi connectivity index (χ0) is 18.7. The number of fused-ring (bicyclic) bond motifs is 2. The van der Waals surface area contributed by atoms with Gasteiger partial charge in [0.2, 0.25) is 0 Å². The van der Waals surface area contributed by atoms with E-state index in [2.05, 4.69) is 0 Å². The van der Waals surface area contributed by atoms with Crippen molar-refractivity contribution in [2.24, 2.45) is 0 Å². The molecule has 0 fully saturated rings. The van der Waals surface area contributed by atoms with E-state index in [4.69, 9.17) is 23.7 Å². The van der Waals surface area contributed by atoms with Gasteiger partial charge in [-0.1, -0.05) is 0 Å². The number of esters is 4. The zero-order valence-electron chi connectivity index (χ0n) is 14.2. The quantitative estimate of drug-likeness (QED) is 0.364. The summed E-state index contributed by atoms with van der Waals surface area (Å²) < 4.78 is 25.1. The third-order valence-electron chi connectivity index (χ3n) is 3.80. The van der Waals surface area contributed by atoms with E-state index in [1.165, 1.54) is 28.1 Å². The van der Waals surface area contributed by atoms with Gasteiger partial charge in [0, 0.05) is 25.0 Å². The first kappa shape index (κ1) is 18.7. The SMILES string of the molecule is COC(=O)C1=C(C(=O)OC)C2OC1C(COC(C)=O)=C2COC(C)=O. The first-order valence-corrected chi connectivity index (χ1v) is 7.36. The number of rotatable bonds is 6. The molecule has 0 saturated carbocycles. The topological polar surface area (TPSA) is 114 Å². The van der Waals surface area contributed by atoms with Crippen LogP contribution in [0.3, 0.4) is 0 Å². The Hall–Kier alpha value is -2.68. The van der Waals surface area contributed by atoms with Crippen molar-refractivity contribution in [2.45, 2.75) is 26.1 Å². The van der Waals surface area contributed by atoms with Crippen molar-refractivity contribution < 1.29 is 42.9 Å². The van der Waals surface area contributed by atoms with Crippen LogP contribution in [0, 0.1) is 0 Å². The predicted molar refractivity (Wildman–Crippen MR) is 80.0 cm³/mol. The van der Waals surface area contributed by atoms with Crippen molar-refractivity contribution in [3.05, 3.63) is 22.3 Å². The molecule has 0 aromatic heterocycles. The third kappa shape index (κ3) is 3.55. The van der Waals surface area contributed by atoms with Crippen LogP contribution in [0.5, 0.6) is 0 Å². The summed E-state index contributed by atoms with van der Waals surface area (Å²) in [5.41, 5.74) is 0.866. The molecule has 0 amide bonds. The lowest BCUT2D eigenvalue weighted by molar-refractivity contribution is -0.141. The molecule has 2 rings (SSSR count). The first-order valence-electron chi connectivity index (χ1n) is 7.36. The number of carbonyl (C=O) groups is 4. The van der Waals surface area contributed by atoms with E-state index < -0.39 is 36.1 Å². The Labute approximate surface area is 143 Å². The fourth-order valence-corrected chi connectivity index (χ4v) is 2.75. The van der Waals surface area contributed by atoms with Crippen LogP contribution in [-0.4, -0.2) is 63.5 Å². The highest BCUT2D eigenvalue weighted by molar-refractivity contribution is 6.04. The molecule has 0 saturated heterocycles. The molecule has 0 radical (unpaired) electrons. The minimum atomic E-state index is -0.934. The summed E-state index contributed by atoms with van der Waals surface area (Å²) >= 11 is 0. The van der Waals surface area contributed by atoms with Crippen molar-refractivity contribution in [3.8, 4) is 0 Å². The Bertz CT molecular complexity index is 630. The Balaban J connectivity index is 2.43. The number of hydrogen-bond donors (Lipinski definition) is 0. The highest BCUT2D eigenvalue weighted by Gasteiger charge is 2.52.